The van der Waals surface area contributed by atoms with Gasteiger partial charge in [0.2, 0.25) is 5.91 Å². The van der Waals surface area contributed by atoms with Crippen molar-refractivity contribution in [3.05, 3.63) is 76.1 Å². The minimum Gasteiger partial charge on any atom is -0.332 e. The molecule has 0 radical (unpaired) electrons. The number of nitrogens with zero attached hydrogens (tertiary/aromatic N) is 4. The van der Waals surface area contributed by atoms with Crippen LogP contribution in [0.5, 0.6) is 0 Å². The van der Waals surface area contributed by atoms with Crippen LogP contribution in [0.3, 0.4) is 0 Å². The maximum atomic E-state index is 13.7. The predicted octanol–water partition coefficient (Wildman–Crippen LogP) is 4.49. The Balaban J connectivity index is 1.71. The molecule has 1 aliphatic heterocycles. The summed E-state index contributed by atoms with van der Waals surface area (Å²) < 4.78 is 1.82. The Kier molecular flexibility index (Phi) is 6.76. The number of hydrogen-bond acceptors (Lipinski definition) is 4. The quantitative estimate of drug-likeness (QED) is 0.421. The number of nitrogens with one attached hydrogen (secondary N) is 1. The van der Waals surface area contributed by atoms with Crippen LogP contribution in [0, 0.1) is 34.6 Å². The van der Waals surface area contributed by atoms with Crippen molar-refractivity contribution in [2.45, 2.75) is 53.6 Å². The van der Waals surface area contributed by atoms with Gasteiger partial charge in [-0.05, 0) is 81.7 Å². The lowest BCUT2D eigenvalue weighted by Gasteiger charge is -2.31. The third kappa shape index (κ3) is 4.84. The number of carbonyl (C=O) groups excluding carboxylic acids is 2. The van der Waals surface area contributed by atoms with Crippen LogP contribution in [0.2, 0.25) is 0 Å². The molecule has 1 atom stereocenters. The summed E-state index contributed by atoms with van der Waals surface area (Å²) in [6, 6.07) is 12.8. The van der Waals surface area contributed by atoms with E-state index in [1.807, 2.05) is 87.6 Å². The van der Waals surface area contributed by atoms with Gasteiger partial charge < -0.3 is 10.2 Å². The second-order valence-corrected chi connectivity index (χ2v) is 9.66. The van der Waals surface area contributed by atoms with E-state index in [0.717, 1.165) is 39.3 Å². The molecular weight excluding hydrogens is 458 g/mol. The number of rotatable bonds is 5. The first-order valence-corrected chi connectivity index (χ1v) is 12.0. The van der Waals surface area contributed by atoms with Gasteiger partial charge in [-0.3, -0.25) is 14.3 Å². The summed E-state index contributed by atoms with van der Waals surface area (Å²) in [5, 5.41) is 8.27. The predicted molar refractivity (Wildman–Crippen MR) is 142 cm³/mol. The van der Waals surface area contributed by atoms with E-state index in [-0.39, 0.29) is 18.2 Å². The molecule has 2 heterocycles. The van der Waals surface area contributed by atoms with Gasteiger partial charge in [0.05, 0.1) is 17.8 Å². The molecule has 4 rings (SSSR count). The molecule has 182 valence electrons. The van der Waals surface area contributed by atoms with E-state index in [4.69, 9.17) is 12.2 Å². The first-order valence-electron chi connectivity index (χ1n) is 11.6. The normalized spacial score (nSPS) is 15.6. The Labute approximate surface area is 211 Å². The number of imide groups is 1. The molecule has 7 nitrogen and oxygen atoms in total. The van der Waals surface area contributed by atoms with Crippen LogP contribution in [0.1, 0.15) is 40.1 Å². The summed E-state index contributed by atoms with van der Waals surface area (Å²) in [7, 11) is 1.90. The van der Waals surface area contributed by atoms with Crippen LogP contribution in [-0.4, -0.2) is 37.6 Å². The molecule has 0 bridgehead atoms. The van der Waals surface area contributed by atoms with Crippen LogP contribution in [0.4, 0.5) is 11.4 Å². The summed E-state index contributed by atoms with van der Waals surface area (Å²) >= 11 is 5.86. The van der Waals surface area contributed by atoms with Gasteiger partial charge in [-0.15, -0.1) is 0 Å². The first kappa shape index (κ1) is 24.6. The van der Waals surface area contributed by atoms with Gasteiger partial charge in [-0.1, -0.05) is 24.3 Å². The SMILES string of the molecule is Cc1cccc(N2C(=O)C[C@@H](N(Cc3c(C)nn(C)c3C)C(=S)Nc3cc(C)ccc3C)C2=O)c1. The minimum absolute atomic E-state index is 0.0553. The van der Waals surface area contributed by atoms with Crippen molar-refractivity contribution in [1.29, 1.82) is 0 Å². The Bertz CT molecular complexity index is 1330. The fraction of sp³-hybridized carbons (Fsp3) is 0.333. The molecule has 35 heavy (non-hydrogen) atoms. The molecule has 0 spiro atoms. The Hall–Kier alpha value is -3.52. The van der Waals surface area contributed by atoms with E-state index in [0.29, 0.717) is 17.3 Å². The highest BCUT2D eigenvalue weighted by Gasteiger charge is 2.44. The lowest BCUT2D eigenvalue weighted by Crippen LogP contribution is -2.47. The number of thiocarbonyl (C=S) groups is 1. The van der Waals surface area contributed by atoms with E-state index in [9.17, 15) is 9.59 Å². The molecule has 0 saturated carbocycles. The first-order chi connectivity index (χ1) is 16.6. The standard InChI is InChI=1S/C27H31N5O2S/c1-16-8-7-9-21(12-16)32-25(33)14-24(26(32)34)31(15-22-19(4)29-30(6)20(22)5)27(35)28-23-13-17(2)10-11-18(23)3/h7-13,24H,14-15H2,1-6H3,(H,28,35)/t24-/m1/s1. The van der Waals surface area contributed by atoms with E-state index < -0.39 is 6.04 Å². The number of amides is 2. The van der Waals surface area contributed by atoms with Crippen molar-refractivity contribution >= 4 is 40.5 Å². The van der Waals surface area contributed by atoms with Gasteiger partial charge in [0, 0.05) is 30.5 Å². The van der Waals surface area contributed by atoms with Crippen LogP contribution >= 0.6 is 12.2 Å². The van der Waals surface area contributed by atoms with Crippen molar-refractivity contribution in [1.82, 2.24) is 14.7 Å². The summed E-state index contributed by atoms with van der Waals surface area (Å²) in [4.78, 5) is 29.9. The van der Waals surface area contributed by atoms with Crippen molar-refractivity contribution in [3.63, 3.8) is 0 Å². The Morgan fingerprint density at radius 1 is 1.09 bits per heavy atom. The molecule has 1 aromatic heterocycles. The molecule has 1 saturated heterocycles. The second-order valence-electron chi connectivity index (χ2n) is 9.28. The smallest absolute Gasteiger partial charge is 0.257 e. The van der Waals surface area contributed by atoms with Crippen molar-refractivity contribution in [3.8, 4) is 0 Å². The zero-order chi connectivity index (χ0) is 25.4. The summed E-state index contributed by atoms with van der Waals surface area (Å²) in [5.41, 5.74) is 7.46. The van der Waals surface area contributed by atoms with Crippen LogP contribution in [0.25, 0.3) is 0 Å². The average Bonchev–Trinajstić information content (AvgIpc) is 3.22. The molecule has 3 aromatic rings. The Morgan fingerprint density at radius 2 is 1.80 bits per heavy atom. The van der Waals surface area contributed by atoms with Gasteiger partial charge >= 0.3 is 0 Å². The molecule has 2 aromatic carbocycles. The van der Waals surface area contributed by atoms with E-state index >= 15 is 0 Å². The topological polar surface area (TPSA) is 70.5 Å². The van der Waals surface area contributed by atoms with Crippen LogP contribution < -0.4 is 10.2 Å². The zero-order valence-electron chi connectivity index (χ0n) is 21.0. The maximum Gasteiger partial charge on any atom is 0.257 e. The minimum atomic E-state index is -0.716. The van der Waals surface area contributed by atoms with Crippen LogP contribution in [-0.2, 0) is 23.2 Å². The van der Waals surface area contributed by atoms with E-state index in [1.165, 1.54) is 4.90 Å². The number of aromatic nitrogens is 2. The average molecular weight is 490 g/mol. The summed E-state index contributed by atoms with van der Waals surface area (Å²) in [5.74, 6) is -0.505. The highest BCUT2D eigenvalue weighted by Crippen LogP contribution is 2.29. The van der Waals surface area contributed by atoms with E-state index in [2.05, 4.69) is 10.4 Å². The summed E-state index contributed by atoms with van der Waals surface area (Å²) in [6.07, 6.45) is 0.0553. The van der Waals surface area contributed by atoms with Crippen LogP contribution in [0.15, 0.2) is 42.5 Å². The lowest BCUT2D eigenvalue weighted by atomic mass is 10.1. The molecule has 1 N–H and O–H groups in total. The largest absolute Gasteiger partial charge is 0.332 e. The summed E-state index contributed by atoms with van der Waals surface area (Å²) in [6.45, 7) is 10.3. The van der Waals surface area contributed by atoms with Crippen molar-refractivity contribution in [2.24, 2.45) is 7.05 Å². The third-order valence-electron chi connectivity index (χ3n) is 6.64. The van der Waals surface area contributed by atoms with Gasteiger partial charge in [0.15, 0.2) is 5.11 Å². The Morgan fingerprint density at radius 3 is 2.46 bits per heavy atom. The number of anilines is 2. The van der Waals surface area contributed by atoms with Gasteiger partial charge in [0.25, 0.3) is 5.91 Å². The number of aryl methyl sites for hydroxylation is 5. The third-order valence-corrected chi connectivity index (χ3v) is 6.98. The highest BCUT2D eigenvalue weighted by molar-refractivity contribution is 7.80. The second kappa shape index (κ2) is 9.62. The van der Waals surface area contributed by atoms with Crippen molar-refractivity contribution < 1.29 is 9.59 Å². The molecule has 8 heteroatoms. The monoisotopic (exact) mass is 489 g/mol. The number of hydrogen-bond donors (Lipinski definition) is 1. The lowest BCUT2D eigenvalue weighted by molar-refractivity contribution is -0.122. The zero-order valence-corrected chi connectivity index (χ0v) is 21.9. The highest BCUT2D eigenvalue weighted by atomic mass is 32.1. The number of benzene rings is 2. The maximum absolute atomic E-state index is 13.7. The van der Waals surface area contributed by atoms with Gasteiger partial charge in [0.1, 0.15) is 6.04 Å². The fourth-order valence-electron chi connectivity index (χ4n) is 4.50. The molecule has 1 fully saturated rings. The fourth-order valence-corrected chi connectivity index (χ4v) is 4.80. The molecule has 0 unspecified atom stereocenters. The number of carbonyl (C=O) groups is 2. The van der Waals surface area contributed by atoms with Gasteiger partial charge in [-0.25, -0.2) is 4.90 Å². The molecular formula is C27H31N5O2S. The molecule has 1 aliphatic rings. The van der Waals surface area contributed by atoms with Gasteiger partial charge in [-0.2, -0.15) is 5.10 Å². The molecule has 0 aliphatic carbocycles. The van der Waals surface area contributed by atoms with E-state index in [1.54, 1.807) is 6.07 Å². The molecule has 2 amide bonds. The van der Waals surface area contributed by atoms with Crippen molar-refractivity contribution in [2.75, 3.05) is 10.2 Å².